The minimum atomic E-state index is -0.790. The van der Waals surface area contributed by atoms with Gasteiger partial charge in [-0.3, -0.25) is 0 Å². The first-order valence-corrected chi connectivity index (χ1v) is 5.30. The highest BCUT2D eigenvalue weighted by Gasteiger charge is 2.22. The van der Waals surface area contributed by atoms with E-state index in [4.69, 9.17) is 5.11 Å². The summed E-state index contributed by atoms with van der Waals surface area (Å²) in [4.78, 5) is 12.2. The predicted molar refractivity (Wildman–Crippen MR) is 68.4 cm³/mol. The molecule has 1 N–H and O–H groups in total. The van der Waals surface area contributed by atoms with Crippen molar-refractivity contribution in [3.63, 3.8) is 0 Å². The number of likely N-dealkylation sites (tertiary alicyclic amines) is 1. The third-order valence-corrected chi connectivity index (χ3v) is 3.04. The van der Waals surface area contributed by atoms with Crippen molar-refractivity contribution in [3.05, 3.63) is 35.9 Å². The topological polar surface area (TPSA) is 40.5 Å². The Hall–Kier alpha value is -1.16. The monoisotopic (exact) mass is 239 g/mol. The lowest BCUT2D eigenvalue weighted by Gasteiger charge is -2.30. The van der Waals surface area contributed by atoms with Gasteiger partial charge < -0.3 is 10.0 Å². The maximum Gasteiger partial charge on any atom is 0.407 e. The van der Waals surface area contributed by atoms with Gasteiger partial charge in [0.25, 0.3) is 0 Å². The summed E-state index contributed by atoms with van der Waals surface area (Å²) in [5.41, 5.74) is 1.34. The van der Waals surface area contributed by atoms with Crippen LogP contribution >= 0.6 is 13.5 Å². The Bertz CT molecular complexity index is 334. The molecular weight excluding hydrogens is 222 g/mol. The van der Waals surface area contributed by atoms with Crippen LogP contribution in [0.1, 0.15) is 24.3 Å². The number of hydrogen-bond donors (Lipinski definition) is 1. The lowest BCUT2D eigenvalue weighted by molar-refractivity contribution is 0.132. The fourth-order valence-electron chi connectivity index (χ4n) is 2.13. The van der Waals surface area contributed by atoms with Crippen molar-refractivity contribution < 1.29 is 9.90 Å². The van der Waals surface area contributed by atoms with Crippen LogP contribution in [0.15, 0.2) is 30.3 Å². The predicted octanol–water partition coefficient (Wildman–Crippen LogP) is 2.66. The maximum atomic E-state index is 10.7. The molecule has 0 unspecified atom stereocenters. The Morgan fingerprint density at radius 3 is 2.25 bits per heavy atom. The van der Waals surface area contributed by atoms with Crippen LogP contribution in [-0.4, -0.2) is 29.2 Å². The summed E-state index contributed by atoms with van der Waals surface area (Å²) >= 11 is 0. The Kier molecular flexibility index (Phi) is 4.68. The van der Waals surface area contributed by atoms with Crippen molar-refractivity contribution in [2.45, 2.75) is 18.8 Å². The Morgan fingerprint density at radius 2 is 1.75 bits per heavy atom. The molecule has 0 bridgehead atoms. The largest absolute Gasteiger partial charge is 0.465 e. The van der Waals surface area contributed by atoms with E-state index in [1.165, 1.54) is 10.5 Å². The molecule has 4 heteroatoms. The highest BCUT2D eigenvalue weighted by Crippen LogP contribution is 2.27. The number of amides is 1. The molecule has 1 heterocycles. The fourth-order valence-corrected chi connectivity index (χ4v) is 2.13. The summed E-state index contributed by atoms with van der Waals surface area (Å²) in [5, 5.41) is 8.82. The molecule has 1 aromatic carbocycles. The fraction of sp³-hybridized carbons (Fsp3) is 0.417. The van der Waals surface area contributed by atoms with E-state index in [1.807, 2.05) is 18.2 Å². The van der Waals surface area contributed by atoms with Gasteiger partial charge in [0.2, 0.25) is 0 Å². The molecule has 0 spiro atoms. The van der Waals surface area contributed by atoms with Gasteiger partial charge in [-0.2, -0.15) is 13.5 Å². The van der Waals surface area contributed by atoms with Gasteiger partial charge in [-0.15, -0.1) is 0 Å². The van der Waals surface area contributed by atoms with E-state index in [0.717, 1.165) is 12.8 Å². The van der Waals surface area contributed by atoms with E-state index in [0.29, 0.717) is 19.0 Å². The number of rotatable bonds is 1. The van der Waals surface area contributed by atoms with Crippen LogP contribution in [0.4, 0.5) is 4.79 Å². The number of nitrogens with zero attached hydrogens (tertiary/aromatic N) is 1. The molecule has 1 fully saturated rings. The second-order valence-corrected chi connectivity index (χ2v) is 3.95. The molecule has 0 aromatic heterocycles. The molecule has 1 amide bonds. The zero-order chi connectivity index (χ0) is 10.7. The van der Waals surface area contributed by atoms with Gasteiger partial charge >= 0.3 is 6.09 Å². The SMILES string of the molecule is O=C(O)N1CCC(c2ccccc2)CC1.S. The zero-order valence-electron chi connectivity index (χ0n) is 9.10. The molecule has 3 nitrogen and oxygen atoms in total. The van der Waals surface area contributed by atoms with Crippen molar-refractivity contribution >= 4 is 19.6 Å². The third kappa shape index (κ3) is 2.92. The Labute approximate surface area is 103 Å². The van der Waals surface area contributed by atoms with E-state index in [2.05, 4.69) is 12.1 Å². The summed E-state index contributed by atoms with van der Waals surface area (Å²) in [6, 6.07) is 10.3. The molecule has 0 atom stereocenters. The summed E-state index contributed by atoms with van der Waals surface area (Å²) in [7, 11) is 0. The van der Waals surface area contributed by atoms with E-state index >= 15 is 0 Å². The summed E-state index contributed by atoms with van der Waals surface area (Å²) in [5.74, 6) is 0.529. The molecule has 1 aliphatic heterocycles. The maximum absolute atomic E-state index is 10.7. The van der Waals surface area contributed by atoms with Crippen LogP contribution in [0.3, 0.4) is 0 Å². The number of carbonyl (C=O) groups is 1. The molecule has 0 radical (unpaired) electrons. The summed E-state index contributed by atoms with van der Waals surface area (Å²) < 4.78 is 0. The van der Waals surface area contributed by atoms with Crippen LogP contribution < -0.4 is 0 Å². The van der Waals surface area contributed by atoms with E-state index in [-0.39, 0.29) is 13.5 Å². The molecule has 0 saturated carbocycles. The highest BCUT2D eigenvalue weighted by molar-refractivity contribution is 7.59. The molecule has 0 aliphatic carbocycles. The van der Waals surface area contributed by atoms with Gasteiger partial charge in [0, 0.05) is 13.1 Å². The number of hydrogen-bond acceptors (Lipinski definition) is 1. The van der Waals surface area contributed by atoms with Crippen LogP contribution in [0.25, 0.3) is 0 Å². The van der Waals surface area contributed by atoms with Gasteiger partial charge in [0.1, 0.15) is 0 Å². The average Bonchev–Trinajstić information content (AvgIpc) is 2.30. The van der Waals surface area contributed by atoms with Crippen molar-refractivity contribution in [1.29, 1.82) is 0 Å². The Morgan fingerprint density at radius 1 is 1.19 bits per heavy atom. The van der Waals surface area contributed by atoms with Crippen LogP contribution in [0.5, 0.6) is 0 Å². The second-order valence-electron chi connectivity index (χ2n) is 3.95. The minimum Gasteiger partial charge on any atom is -0.465 e. The van der Waals surface area contributed by atoms with E-state index < -0.39 is 6.09 Å². The standard InChI is InChI=1S/C12H15NO2.H2S/c14-12(15)13-8-6-11(7-9-13)10-4-2-1-3-5-10;/h1-5,11H,6-9H2,(H,14,15);1H2. The first-order valence-electron chi connectivity index (χ1n) is 5.30. The van der Waals surface area contributed by atoms with E-state index in [1.54, 1.807) is 0 Å². The van der Waals surface area contributed by atoms with E-state index in [9.17, 15) is 4.79 Å². The quantitative estimate of drug-likeness (QED) is 0.818. The second kappa shape index (κ2) is 5.80. The molecule has 1 saturated heterocycles. The van der Waals surface area contributed by atoms with Crippen molar-refractivity contribution in [1.82, 2.24) is 4.90 Å². The molecule has 88 valence electrons. The van der Waals surface area contributed by atoms with Gasteiger partial charge in [0.05, 0.1) is 0 Å². The van der Waals surface area contributed by atoms with Gasteiger partial charge in [-0.1, -0.05) is 30.3 Å². The number of piperidine rings is 1. The first kappa shape index (κ1) is 12.9. The molecule has 16 heavy (non-hydrogen) atoms. The zero-order valence-corrected chi connectivity index (χ0v) is 10.1. The molecule has 1 aliphatic rings. The minimum absolute atomic E-state index is 0. The van der Waals surface area contributed by atoms with Crippen molar-refractivity contribution in [2.24, 2.45) is 0 Å². The number of carboxylic acid groups (broad SMARTS) is 1. The smallest absolute Gasteiger partial charge is 0.407 e. The van der Waals surface area contributed by atoms with Crippen LogP contribution in [-0.2, 0) is 0 Å². The van der Waals surface area contributed by atoms with Crippen molar-refractivity contribution in [2.75, 3.05) is 13.1 Å². The highest BCUT2D eigenvalue weighted by atomic mass is 32.1. The molecule has 2 rings (SSSR count). The third-order valence-electron chi connectivity index (χ3n) is 3.04. The van der Waals surface area contributed by atoms with Gasteiger partial charge in [-0.05, 0) is 24.3 Å². The van der Waals surface area contributed by atoms with Crippen LogP contribution in [0.2, 0.25) is 0 Å². The summed E-state index contributed by atoms with van der Waals surface area (Å²) in [6.45, 7) is 1.32. The van der Waals surface area contributed by atoms with Gasteiger partial charge in [0.15, 0.2) is 0 Å². The first-order chi connectivity index (χ1) is 7.27. The average molecular weight is 239 g/mol. The normalized spacial score (nSPS) is 16.6. The van der Waals surface area contributed by atoms with Crippen molar-refractivity contribution in [3.8, 4) is 0 Å². The lowest BCUT2D eigenvalue weighted by Crippen LogP contribution is -2.36. The molecule has 1 aromatic rings. The summed E-state index contributed by atoms with van der Waals surface area (Å²) in [6.07, 6.45) is 1.09. The van der Waals surface area contributed by atoms with Crippen LogP contribution in [0, 0.1) is 0 Å². The van der Waals surface area contributed by atoms with Gasteiger partial charge in [-0.25, -0.2) is 4.79 Å². The lowest BCUT2D eigenvalue weighted by atomic mass is 9.90. The molecular formula is C12H17NO2S. The Balaban J connectivity index is 0.00000128. The number of benzene rings is 1.